The fraction of sp³-hybridized carbons (Fsp3) is 0.909. The minimum atomic E-state index is -0.325. The van der Waals surface area contributed by atoms with E-state index in [1.165, 1.54) is 19.3 Å². The number of likely N-dealkylation sites (tertiary alicyclic amines) is 1. The molecule has 16 heavy (non-hydrogen) atoms. The van der Waals surface area contributed by atoms with E-state index in [4.69, 9.17) is 9.84 Å². The molecule has 0 bridgehead atoms. The average molecular weight is 228 g/mol. The van der Waals surface area contributed by atoms with Gasteiger partial charge in [-0.15, -0.1) is 0 Å². The van der Waals surface area contributed by atoms with Gasteiger partial charge in [-0.3, -0.25) is 0 Å². The summed E-state index contributed by atoms with van der Waals surface area (Å²) in [6.45, 7) is 4.39. The van der Waals surface area contributed by atoms with Gasteiger partial charge in [0.1, 0.15) is 6.10 Å². The summed E-state index contributed by atoms with van der Waals surface area (Å²) in [5.74, 6) is 0. The third-order valence-electron chi connectivity index (χ3n) is 3.29. The maximum atomic E-state index is 11.4. The molecule has 0 aromatic rings. The van der Waals surface area contributed by atoms with Gasteiger partial charge >= 0.3 is 6.09 Å². The van der Waals surface area contributed by atoms with E-state index in [0.717, 1.165) is 26.2 Å². The minimum absolute atomic E-state index is 0.0774. The third-order valence-corrected chi connectivity index (χ3v) is 3.29. The van der Waals surface area contributed by atoms with E-state index >= 15 is 0 Å². The summed E-state index contributed by atoms with van der Waals surface area (Å²) in [6.07, 6.45) is 3.26. The van der Waals surface area contributed by atoms with Crippen molar-refractivity contribution < 1.29 is 14.6 Å². The molecule has 2 heterocycles. The van der Waals surface area contributed by atoms with E-state index in [9.17, 15) is 4.79 Å². The average Bonchev–Trinajstić information content (AvgIpc) is 2.69. The summed E-state index contributed by atoms with van der Waals surface area (Å²) in [7, 11) is 0. The SMILES string of the molecule is O=C1O[C@@H](CO)CN1CCN1CCCCC1. The Morgan fingerprint density at radius 1 is 1.25 bits per heavy atom. The van der Waals surface area contributed by atoms with E-state index in [-0.39, 0.29) is 18.8 Å². The first-order valence-electron chi connectivity index (χ1n) is 6.08. The number of carbonyl (C=O) groups excluding carboxylic acids is 1. The summed E-state index contributed by atoms with van der Waals surface area (Å²) in [5.41, 5.74) is 0. The Balaban J connectivity index is 1.71. The molecule has 92 valence electrons. The highest BCUT2D eigenvalue weighted by atomic mass is 16.6. The summed E-state index contributed by atoms with van der Waals surface area (Å²) in [4.78, 5) is 15.5. The number of piperidine rings is 1. The molecule has 2 aliphatic rings. The number of aliphatic hydroxyl groups is 1. The van der Waals surface area contributed by atoms with Crippen LogP contribution >= 0.6 is 0 Å². The molecule has 2 aliphatic heterocycles. The molecule has 5 heteroatoms. The number of rotatable bonds is 4. The summed E-state index contributed by atoms with van der Waals surface area (Å²) >= 11 is 0. The van der Waals surface area contributed by atoms with Crippen LogP contribution < -0.4 is 0 Å². The first-order valence-corrected chi connectivity index (χ1v) is 6.08. The second-order valence-corrected chi connectivity index (χ2v) is 4.54. The van der Waals surface area contributed by atoms with Crippen molar-refractivity contribution in [1.29, 1.82) is 0 Å². The number of aliphatic hydroxyl groups excluding tert-OH is 1. The molecule has 0 aromatic heterocycles. The lowest BCUT2D eigenvalue weighted by atomic mass is 10.1. The molecular weight excluding hydrogens is 208 g/mol. The second-order valence-electron chi connectivity index (χ2n) is 4.54. The Morgan fingerprint density at radius 2 is 2.00 bits per heavy atom. The van der Waals surface area contributed by atoms with Gasteiger partial charge < -0.3 is 19.6 Å². The summed E-state index contributed by atoms with van der Waals surface area (Å²) < 4.78 is 4.98. The van der Waals surface area contributed by atoms with Gasteiger partial charge in [0.05, 0.1) is 13.2 Å². The molecule has 2 rings (SSSR count). The number of carbonyl (C=O) groups is 1. The Morgan fingerprint density at radius 3 is 2.62 bits per heavy atom. The fourth-order valence-electron chi connectivity index (χ4n) is 2.30. The molecule has 5 nitrogen and oxygen atoms in total. The standard InChI is InChI=1S/C11H20N2O3/c14-9-10-8-13(11(15)16-10)7-6-12-4-2-1-3-5-12/h10,14H,1-9H2/t10-/m1/s1. The van der Waals surface area contributed by atoms with Gasteiger partial charge in [0.25, 0.3) is 0 Å². The lowest BCUT2D eigenvalue weighted by Gasteiger charge is -2.27. The van der Waals surface area contributed by atoms with Crippen LogP contribution in [0.5, 0.6) is 0 Å². The molecule has 0 radical (unpaired) electrons. The topological polar surface area (TPSA) is 53.0 Å². The van der Waals surface area contributed by atoms with Crippen LogP contribution in [-0.4, -0.2) is 66.4 Å². The zero-order valence-electron chi connectivity index (χ0n) is 9.60. The Bertz CT molecular complexity index is 241. The predicted molar refractivity (Wildman–Crippen MR) is 59.2 cm³/mol. The highest BCUT2D eigenvalue weighted by Gasteiger charge is 2.30. The van der Waals surface area contributed by atoms with Gasteiger partial charge in [-0.25, -0.2) is 4.79 Å². The van der Waals surface area contributed by atoms with Gasteiger partial charge in [-0.05, 0) is 25.9 Å². The van der Waals surface area contributed by atoms with Gasteiger partial charge in [0.2, 0.25) is 0 Å². The predicted octanol–water partition coefficient (Wildman–Crippen LogP) is 0.285. The molecule has 1 N–H and O–H groups in total. The van der Waals surface area contributed by atoms with Crippen molar-refractivity contribution in [3.05, 3.63) is 0 Å². The molecule has 1 amide bonds. The normalized spacial score (nSPS) is 27.2. The van der Waals surface area contributed by atoms with E-state index in [1.807, 2.05) is 0 Å². The molecule has 0 aromatic carbocycles. The number of nitrogens with zero attached hydrogens (tertiary/aromatic N) is 2. The lowest BCUT2D eigenvalue weighted by Crippen LogP contribution is -2.38. The van der Waals surface area contributed by atoms with Crippen LogP contribution in [0.1, 0.15) is 19.3 Å². The maximum absolute atomic E-state index is 11.4. The number of amides is 1. The molecule has 0 saturated carbocycles. The Kier molecular flexibility index (Phi) is 4.01. The van der Waals surface area contributed by atoms with E-state index in [2.05, 4.69) is 4.90 Å². The van der Waals surface area contributed by atoms with Crippen LogP contribution in [-0.2, 0) is 4.74 Å². The van der Waals surface area contributed by atoms with Crippen LogP contribution in [0, 0.1) is 0 Å². The van der Waals surface area contributed by atoms with Crippen molar-refractivity contribution in [3.8, 4) is 0 Å². The number of ether oxygens (including phenoxy) is 1. The smallest absolute Gasteiger partial charge is 0.410 e. The Labute approximate surface area is 96.0 Å². The minimum Gasteiger partial charge on any atom is -0.442 e. The first kappa shape index (κ1) is 11.7. The van der Waals surface area contributed by atoms with E-state index < -0.39 is 0 Å². The third kappa shape index (κ3) is 2.86. The van der Waals surface area contributed by atoms with Crippen LogP contribution in [0.15, 0.2) is 0 Å². The van der Waals surface area contributed by atoms with Crippen LogP contribution in [0.3, 0.4) is 0 Å². The molecule has 0 aliphatic carbocycles. The van der Waals surface area contributed by atoms with Crippen molar-refractivity contribution in [1.82, 2.24) is 9.80 Å². The summed E-state index contributed by atoms with van der Waals surface area (Å²) in [5, 5.41) is 8.90. The number of cyclic esters (lactones) is 1. The maximum Gasteiger partial charge on any atom is 0.410 e. The van der Waals surface area contributed by atoms with Crippen molar-refractivity contribution in [3.63, 3.8) is 0 Å². The molecule has 2 saturated heterocycles. The second kappa shape index (κ2) is 5.50. The van der Waals surface area contributed by atoms with Gasteiger partial charge in [0.15, 0.2) is 0 Å². The summed E-state index contributed by atoms with van der Waals surface area (Å²) in [6, 6.07) is 0. The highest BCUT2D eigenvalue weighted by molar-refractivity contribution is 5.69. The quantitative estimate of drug-likeness (QED) is 0.751. The monoisotopic (exact) mass is 228 g/mol. The van der Waals surface area contributed by atoms with Gasteiger partial charge in [0, 0.05) is 13.1 Å². The number of hydrogen-bond donors (Lipinski definition) is 1. The van der Waals surface area contributed by atoms with Crippen molar-refractivity contribution >= 4 is 6.09 Å². The van der Waals surface area contributed by atoms with Crippen molar-refractivity contribution in [2.24, 2.45) is 0 Å². The number of hydrogen-bond acceptors (Lipinski definition) is 4. The molecular formula is C11H20N2O3. The molecule has 0 spiro atoms. The molecule has 1 atom stereocenters. The van der Waals surface area contributed by atoms with Gasteiger partial charge in [-0.2, -0.15) is 0 Å². The molecule has 0 unspecified atom stereocenters. The van der Waals surface area contributed by atoms with E-state index in [0.29, 0.717) is 6.54 Å². The fourth-order valence-corrected chi connectivity index (χ4v) is 2.30. The van der Waals surface area contributed by atoms with Crippen molar-refractivity contribution in [2.45, 2.75) is 25.4 Å². The zero-order valence-corrected chi connectivity index (χ0v) is 9.60. The van der Waals surface area contributed by atoms with Crippen LogP contribution in [0.2, 0.25) is 0 Å². The van der Waals surface area contributed by atoms with Crippen LogP contribution in [0.25, 0.3) is 0 Å². The van der Waals surface area contributed by atoms with Crippen LogP contribution in [0.4, 0.5) is 4.79 Å². The zero-order chi connectivity index (χ0) is 11.4. The first-order chi connectivity index (χ1) is 7.79. The molecule has 2 fully saturated rings. The van der Waals surface area contributed by atoms with E-state index in [1.54, 1.807) is 4.90 Å². The Hall–Kier alpha value is -0.810. The van der Waals surface area contributed by atoms with Gasteiger partial charge in [-0.1, -0.05) is 6.42 Å². The van der Waals surface area contributed by atoms with Crippen molar-refractivity contribution in [2.75, 3.05) is 39.3 Å². The highest BCUT2D eigenvalue weighted by Crippen LogP contribution is 2.12. The lowest BCUT2D eigenvalue weighted by molar-refractivity contribution is 0.0945. The largest absolute Gasteiger partial charge is 0.442 e.